The lowest BCUT2D eigenvalue weighted by Gasteiger charge is -2.46. The molecule has 14 aromatic rings. The molecule has 0 amide bonds. The topological polar surface area (TPSA) is 6.48 Å². The van der Waals surface area contributed by atoms with E-state index in [4.69, 9.17) is 0 Å². The quantitative estimate of drug-likeness (QED) is 0.126. The average Bonchev–Trinajstić information content (AvgIpc) is 1.64. The van der Waals surface area contributed by atoms with E-state index >= 15 is 0 Å². The van der Waals surface area contributed by atoms with E-state index in [-0.39, 0.29) is 28.4 Å². The minimum absolute atomic E-state index is 0.0922. The zero-order valence-electron chi connectivity index (χ0n) is 62.1. The summed E-state index contributed by atoms with van der Waals surface area (Å²) in [5.41, 5.74) is 36.1. The molecule has 0 spiro atoms. The molecule has 1 aliphatic carbocycles. The van der Waals surface area contributed by atoms with Gasteiger partial charge in [0.25, 0.3) is 6.71 Å². The number of nitrogens with zero attached hydrogens (tertiary/aromatic N) is 2. The summed E-state index contributed by atoms with van der Waals surface area (Å²) in [5, 5.41) is 0. The summed E-state index contributed by atoms with van der Waals surface area (Å²) in [4.78, 5) is 5.46. The molecule has 2 nitrogen and oxygen atoms in total. The highest BCUT2D eigenvalue weighted by atomic mass is 15.2. The van der Waals surface area contributed by atoms with Gasteiger partial charge in [-0.25, -0.2) is 0 Å². The number of hydrogen-bond donors (Lipinski definition) is 0. The van der Waals surface area contributed by atoms with E-state index < -0.39 is 5.41 Å². The van der Waals surface area contributed by atoms with E-state index in [1.807, 2.05) is 0 Å². The van der Waals surface area contributed by atoms with Crippen LogP contribution in [-0.2, 0) is 27.1 Å². The Labute approximate surface area is 617 Å². The molecule has 0 aromatic heterocycles. The Hall–Kier alpha value is -11.3. The van der Waals surface area contributed by atoms with E-state index in [1.165, 1.54) is 111 Å². The highest BCUT2D eigenvalue weighted by Crippen LogP contribution is 2.61. The van der Waals surface area contributed by atoms with Crippen LogP contribution in [0.2, 0.25) is 0 Å². The van der Waals surface area contributed by atoms with Gasteiger partial charge in [-0.15, -0.1) is 0 Å². The standard InChI is InChI=1S/C101H89BN2/c1-97(2,3)75-56-71(57-76(61-75)98(4,5)6)70-54-55-90-88(58-70)102-87-52-33-34-53-89(87)103(95-82(66-36-19-13-20-37-66)62-77(99(7,8)9)63-83(95)67-38-21-14-22-39-67)91-59-72(79-49-35-50-81-80-48-31-32-51-86(80)101(93(79)81,73-44-27-17-28-45-73)74-46-29-18-30-47-74)60-92(94(91)102)104(90)96-84(68-40-23-15-24-41-68)64-78(100(10,11)12)65-85(96)69-42-25-16-26-43-69/h13-65H,1-12H3. The van der Waals surface area contributed by atoms with Gasteiger partial charge < -0.3 is 9.80 Å². The Morgan fingerprint density at radius 3 is 1.05 bits per heavy atom. The van der Waals surface area contributed by atoms with Crippen molar-refractivity contribution in [2.24, 2.45) is 0 Å². The molecule has 17 rings (SSSR count). The van der Waals surface area contributed by atoms with Crippen molar-refractivity contribution < 1.29 is 0 Å². The molecule has 3 heteroatoms. The van der Waals surface area contributed by atoms with Gasteiger partial charge in [0.05, 0.1) is 16.8 Å². The maximum atomic E-state index is 2.74. The summed E-state index contributed by atoms with van der Waals surface area (Å²) in [6, 6.07) is 124. The third kappa shape index (κ3) is 11.0. The van der Waals surface area contributed by atoms with Crippen LogP contribution in [-0.4, -0.2) is 6.71 Å². The van der Waals surface area contributed by atoms with Crippen LogP contribution >= 0.6 is 0 Å². The van der Waals surface area contributed by atoms with Crippen LogP contribution in [0, 0.1) is 0 Å². The zero-order valence-corrected chi connectivity index (χ0v) is 62.1. The van der Waals surface area contributed by atoms with Crippen molar-refractivity contribution in [2.45, 2.75) is 110 Å². The molecule has 0 N–H and O–H groups in total. The number of anilines is 6. The third-order valence-corrected chi connectivity index (χ3v) is 22.5. The molecule has 3 aliphatic rings. The van der Waals surface area contributed by atoms with Gasteiger partial charge in [-0.3, -0.25) is 0 Å². The van der Waals surface area contributed by atoms with Crippen molar-refractivity contribution in [1.82, 2.24) is 0 Å². The molecule has 2 aliphatic heterocycles. The molecule has 14 aromatic carbocycles. The predicted octanol–water partition coefficient (Wildman–Crippen LogP) is 25.3. The average molecular weight is 1340 g/mol. The lowest BCUT2D eigenvalue weighted by molar-refractivity contribution is 0.569. The van der Waals surface area contributed by atoms with Crippen molar-refractivity contribution in [3.05, 3.63) is 366 Å². The minimum Gasteiger partial charge on any atom is -0.310 e. The number of hydrogen-bond acceptors (Lipinski definition) is 2. The molecule has 0 saturated heterocycles. The monoisotopic (exact) mass is 1340 g/mol. The van der Waals surface area contributed by atoms with Crippen molar-refractivity contribution in [3.63, 3.8) is 0 Å². The van der Waals surface area contributed by atoms with E-state index in [0.717, 1.165) is 61.9 Å². The second-order valence-corrected chi connectivity index (χ2v) is 33.2. The molecule has 0 radical (unpaired) electrons. The fraction of sp³-hybridized carbons (Fsp3) is 0.168. The maximum Gasteiger partial charge on any atom is 0.252 e. The first kappa shape index (κ1) is 66.0. The molecule has 0 atom stereocenters. The first-order chi connectivity index (χ1) is 50.1. The molecule has 104 heavy (non-hydrogen) atoms. The van der Waals surface area contributed by atoms with Gasteiger partial charge in [0, 0.05) is 45.0 Å². The summed E-state index contributed by atoms with van der Waals surface area (Å²) in [6.45, 7) is 28.1. The molecule has 0 bridgehead atoms. The van der Waals surface area contributed by atoms with Gasteiger partial charge in [-0.2, -0.15) is 0 Å². The van der Waals surface area contributed by atoms with E-state index in [1.54, 1.807) is 0 Å². The van der Waals surface area contributed by atoms with E-state index in [0.29, 0.717) is 0 Å². The van der Waals surface area contributed by atoms with Gasteiger partial charge in [-0.05, 0) is 187 Å². The Bertz CT molecular complexity index is 5420. The van der Waals surface area contributed by atoms with Crippen LogP contribution in [0.15, 0.2) is 322 Å². The molecule has 0 unspecified atom stereocenters. The van der Waals surface area contributed by atoms with Gasteiger partial charge in [0.15, 0.2) is 0 Å². The maximum absolute atomic E-state index is 2.74. The molecular formula is C101H89BN2. The number of rotatable bonds is 10. The van der Waals surface area contributed by atoms with Crippen molar-refractivity contribution in [1.29, 1.82) is 0 Å². The molecule has 0 fully saturated rings. The van der Waals surface area contributed by atoms with E-state index in [9.17, 15) is 0 Å². The summed E-state index contributed by atoms with van der Waals surface area (Å²) in [7, 11) is 0. The van der Waals surface area contributed by atoms with Crippen LogP contribution in [0.4, 0.5) is 34.1 Å². The van der Waals surface area contributed by atoms with Crippen molar-refractivity contribution in [3.8, 4) is 77.9 Å². The first-order valence-electron chi connectivity index (χ1n) is 37.3. The van der Waals surface area contributed by atoms with Crippen LogP contribution in [0.5, 0.6) is 0 Å². The van der Waals surface area contributed by atoms with Gasteiger partial charge in [0.1, 0.15) is 0 Å². The summed E-state index contributed by atoms with van der Waals surface area (Å²) in [5.74, 6) is 0. The molecule has 2 heterocycles. The van der Waals surface area contributed by atoms with Crippen molar-refractivity contribution in [2.75, 3.05) is 9.80 Å². The summed E-state index contributed by atoms with van der Waals surface area (Å²) < 4.78 is 0. The lowest BCUT2D eigenvalue weighted by atomic mass is 9.33. The summed E-state index contributed by atoms with van der Waals surface area (Å²) in [6.07, 6.45) is 0. The second-order valence-electron chi connectivity index (χ2n) is 33.2. The number of fused-ring (bicyclic) bond motifs is 7. The third-order valence-electron chi connectivity index (χ3n) is 22.5. The minimum atomic E-state index is -0.708. The Morgan fingerprint density at radius 1 is 0.240 bits per heavy atom. The van der Waals surface area contributed by atoms with Crippen LogP contribution in [0.1, 0.15) is 128 Å². The van der Waals surface area contributed by atoms with Crippen LogP contribution in [0.3, 0.4) is 0 Å². The van der Waals surface area contributed by atoms with Crippen LogP contribution < -0.4 is 26.2 Å². The predicted molar refractivity (Wildman–Crippen MR) is 445 cm³/mol. The molecule has 0 saturated carbocycles. The Balaban J connectivity index is 1.09. The van der Waals surface area contributed by atoms with Gasteiger partial charge in [0.2, 0.25) is 0 Å². The summed E-state index contributed by atoms with van der Waals surface area (Å²) >= 11 is 0. The molecular weight excluding hydrogens is 1250 g/mol. The van der Waals surface area contributed by atoms with E-state index in [2.05, 4.69) is 414 Å². The lowest BCUT2D eigenvalue weighted by Crippen LogP contribution is -2.61. The van der Waals surface area contributed by atoms with Gasteiger partial charge in [-0.1, -0.05) is 356 Å². The Kier molecular flexibility index (Phi) is 15.9. The van der Waals surface area contributed by atoms with Crippen LogP contribution in [0.25, 0.3) is 77.9 Å². The zero-order chi connectivity index (χ0) is 71.6. The fourth-order valence-corrected chi connectivity index (χ4v) is 17.1. The van der Waals surface area contributed by atoms with Crippen molar-refractivity contribution >= 4 is 57.2 Å². The fourth-order valence-electron chi connectivity index (χ4n) is 17.1. The Morgan fingerprint density at radius 2 is 0.606 bits per heavy atom. The largest absolute Gasteiger partial charge is 0.310 e. The first-order valence-corrected chi connectivity index (χ1v) is 37.3. The van der Waals surface area contributed by atoms with Gasteiger partial charge >= 0.3 is 0 Å². The highest BCUT2D eigenvalue weighted by molar-refractivity contribution is 7.00. The highest BCUT2D eigenvalue weighted by Gasteiger charge is 2.50. The smallest absolute Gasteiger partial charge is 0.252 e. The number of para-hydroxylation sites is 1. The second kappa shape index (κ2) is 25.0. The molecule has 506 valence electrons. The number of benzene rings is 14. The normalized spacial score (nSPS) is 13.6. The SMILES string of the molecule is CC(C)(C)c1cc(-c2ccc3c(c2)B2c4ccccc4N(c4c(-c5ccccc5)cc(C(C)(C)C)cc4-c4ccccc4)c4cc(-c5cccc6c5C(c5ccccc5)(c5ccccc5)c5ccccc5-6)cc(c42)N3c2c(-c3ccccc3)cc(C(C)(C)C)cc2-c2ccccc2)cc(C(C)(C)C)c1.